The molecule has 2 aliphatic heterocycles. The highest BCUT2D eigenvalue weighted by Crippen LogP contribution is 2.44. The van der Waals surface area contributed by atoms with Gasteiger partial charge in [0.05, 0.1) is 21.3 Å². The number of aromatic hydroxyl groups is 2. The van der Waals surface area contributed by atoms with Crippen LogP contribution in [0.2, 0.25) is 0 Å². The van der Waals surface area contributed by atoms with Crippen LogP contribution < -0.4 is 14.2 Å². The Morgan fingerprint density at radius 1 is 0.780 bits per heavy atom. The van der Waals surface area contributed by atoms with Gasteiger partial charge in [-0.3, -0.25) is 4.90 Å². The first kappa shape index (κ1) is 36.8. The van der Waals surface area contributed by atoms with Gasteiger partial charge < -0.3 is 33.9 Å². The van der Waals surface area contributed by atoms with Crippen molar-refractivity contribution in [1.29, 1.82) is 0 Å². The molecule has 2 heterocycles. The number of nitrogens with zero attached hydrogens (tertiary/aromatic N) is 1. The molecule has 4 aromatic carbocycles. The number of phenolic OH excluding ortho intramolecular Hbond substituents is 2. The minimum atomic E-state index is -0.364. The highest BCUT2D eigenvalue weighted by atomic mass is 16.5. The zero-order chi connectivity index (χ0) is 35.8. The second kappa shape index (κ2) is 17.0. The van der Waals surface area contributed by atoms with Gasteiger partial charge in [0, 0.05) is 32.9 Å². The maximum Gasteiger partial charge on any atom is 0.331 e. The molecule has 0 amide bonds. The molecule has 9 nitrogen and oxygen atoms in total. The molecule has 268 valence electrons. The van der Waals surface area contributed by atoms with Gasteiger partial charge in [0.1, 0.15) is 11.9 Å². The molecule has 0 spiro atoms. The monoisotopic (exact) mass is 685 g/mol. The maximum atomic E-state index is 11.7. The average Bonchev–Trinajstić information content (AvgIpc) is 3.59. The third-order valence-corrected chi connectivity index (χ3v) is 9.94. The van der Waals surface area contributed by atoms with Crippen LogP contribution in [0.4, 0.5) is 0 Å². The smallest absolute Gasteiger partial charge is 0.331 e. The molecular weight excluding hydrogens is 634 g/mol. The second-order valence-electron chi connectivity index (χ2n) is 13.4. The van der Waals surface area contributed by atoms with Crippen LogP contribution in [0.3, 0.4) is 0 Å². The molecule has 1 saturated carbocycles. The van der Waals surface area contributed by atoms with Gasteiger partial charge in [0.25, 0.3) is 0 Å². The summed E-state index contributed by atoms with van der Waals surface area (Å²) in [5.74, 6) is 2.30. The van der Waals surface area contributed by atoms with Gasteiger partial charge in [0.15, 0.2) is 23.0 Å². The average molecular weight is 686 g/mol. The van der Waals surface area contributed by atoms with E-state index in [1.165, 1.54) is 76.7 Å². The van der Waals surface area contributed by atoms with Gasteiger partial charge in [-0.2, -0.15) is 0 Å². The summed E-state index contributed by atoms with van der Waals surface area (Å²) in [6.45, 7) is 4.41. The SMILES string of the molecule is CC1CCCC(OC(=O)/C=C/c2ccc(O)c(O)c2)C1.COC.COc1ccc2c3c(c4cc(OC)c(OC)cc4c2c1)CN1CCCC1C3. The molecule has 2 N–H and O–H groups in total. The molecule has 4 aromatic rings. The van der Waals surface area contributed by atoms with Crippen molar-refractivity contribution in [3.05, 3.63) is 71.3 Å². The molecule has 0 bridgehead atoms. The van der Waals surface area contributed by atoms with Crippen molar-refractivity contribution in [2.75, 3.05) is 42.1 Å². The third kappa shape index (κ3) is 8.45. The third-order valence-electron chi connectivity index (χ3n) is 9.94. The summed E-state index contributed by atoms with van der Waals surface area (Å²) in [6.07, 6.45) is 10.8. The van der Waals surface area contributed by atoms with Crippen LogP contribution in [0.5, 0.6) is 28.7 Å². The van der Waals surface area contributed by atoms with E-state index in [1.807, 2.05) is 0 Å². The topological polar surface area (TPSA) is 107 Å². The molecular formula is C41H51NO8. The van der Waals surface area contributed by atoms with Crippen LogP contribution in [0.1, 0.15) is 62.1 Å². The fourth-order valence-corrected chi connectivity index (χ4v) is 7.50. The van der Waals surface area contributed by atoms with Gasteiger partial charge in [-0.25, -0.2) is 4.79 Å². The number of carbonyl (C=O) groups is 1. The summed E-state index contributed by atoms with van der Waals surface area (Å²) in [4.78, 5) is 14.4. The number of hydrogen-bond donors (Lipinski definition) is 2. The molecule has 3 aliphatic rings. The van der Waals surface area contributed by atoms with Gasteiger partial charge in [-0.15, -0.1) is 0 Å². The highest BCUT2D eigenvalue weighted by Gasteiger charge is 2.32. The van der Waals surface area contributed by atoms with Crippen molar-refractivity contribution < 1.29 is 38.7 Å². The standard InChI is InChI=1S/C23H25NO3.C16H20O4.C2H6O/c1-25-15-6-7-16-17-9-14-5-4-8-24(14)13-21(17)20-12-23(27-3)22(26-2)11-19(20)18(16)10-15;1-11-3-2-4-13(9-11)20-16(19)8-6-12-5-7-14(17)15(18)10-12;1-3-2/h6-7,10-12,14H,4-5,8-9,13H2,1-3H3;5-8,10-11,13,17-18H,2-4,9H2,1H3;1-2H3/b;8-6+;. The summed E-state index contributed by atoms with van der Waals surface area (Å²) in [5, 5.41) is 23.6. The Labute approximate surface area is 295 Å². The molecule has 2 fully saturated rings. The number of esters is 1. The minimum Gasteiger partial charge on any atom is -0.504 e. The first-order valence-electron chi connectivity index (χ1n) is 17.4. The summed E-state index contributed by atoms with van der Waals surface area (Å²) in [6, 6.07) is 15.8. The van der Waals surface area contributed by atoms with Crippen LogP contribution in [0, 0.1) is 5.92 Å². The number of hydrogen-bond acceptors (Lipinski definition) is 9. The predicted octanol–water partition coefficient (Wildman–Crippen LogP) is 8.03. The van der Waals surface area contributed by atoms with E-state index in [0.29, 0.717) is 17.5 Å². The lowest BCUT2D eigenvalue weighted by atomic mass is 9.85. The lowest BCUT2D eigenvalue weighted by Crippen LogP contribution is -2.35. The van der Waals surface area contributed by atoms with Crippen molar-refractivity contribution in [3.63, 3.8) is 0 Å². The van der Waals surface area contributed by atoms with E-state index in [9.17, 15) is 15.0 Å². The van der Waals surface area contributed by atoms with E-state index in [1.54, 1.807) is 47.7 Å². The number of fused-ring (bicyclic) bond motifs is 7. The second-order valence-corrected chi connectivity index (χ2v) is 13.4. The van der Waals surface area contributed by atoms with Gasteiger partial charge in [0.2, 0.25) is 0 Å². The van der Waals surface area contributed by atoms with Crippen molar-refractivity contribution in [3.8, 4) is 28.7 Å². The van der Waals surface area contributed by atoms with Gasteiger partial charge >= 0.3 is 5.97 Å². The summed E-state index contributed by atoms with van der Waals surface area (Å²) in [5.41, 5.74) is 3.58. The fourth-order valence-electron chi connectivity index (χ4n) is 7.50. The van der Waals surface area contributed by atoms with Gasteiger partial charge in [-0.1, -0.05) is 25.5 Å². The summed E-state index contributed by atoms with van der Waals surface area (Å²) in [7, 11) is 8.37. The minimum absolute atomic E-state index is 0.0177. The normalized spacial score (nSPS) is 19.8. The summed E-state index contributed by atoms with van der Waals surface area (Å²) < 4.78 is 26.4. The highest BCUT2D eigenvalue weighted by molar-refractivity contribution is 6.12. The molecule has 1 saturated heterocycles. The Hall–Kier alpha value is -4.47. The van der Waals surface area contributed by atoms with E-state index < -0.39 is 0 Å². The van der Waals surface area contributed by atoms with Crippen LogP contribution in [0.25, 0.3) is 27.6 Å². The Bertz CT molecular complexity index is 1820. The van der Waals surface area contributed by atoms with E-state index >= 15 is 0 Å². The first-order valence-corrected chi connectivity index (χ1v) is 17.4. The zero-order valence-corrected chi connectivity index (χ0v) is 30.2. The summed E-state index contributed by atoms with van der Waals surface area (Å²) >= 11 is 0. The molecule has 0 radical (unpaired) electrons. The van der Waals surface area contributed by atoms with Crippen LogP contribution in [-0.4, -0.2) is 75.3 Å². The number of phenols is 2. The maximum absolute atomic E-state index is 11.7. The Morgan fingerprint density at radius 2 is 1.50 bits per heavy atom. The molecule has 0 aromatic heterocycles. The lowest BCUT2D eigenvalue weighted by molar-refractivity contribution is -0.144. The van der Waals surface area contributed by atoms with E-state index in [4.69, 9.17) is 18.9 Å². The number of benzene rings is 4. The Balaban J connectivity index is 0.000000188. The van der Waals surface area contributed by atoms with Crippen LogP contribution in [0.15, 0.2) is 54.6 Å². The lowest BCUT2D eigenvalue weighted by Gasteiger charge is -2.33. The van der Waals surface area contributed by atoms with Crippen molar-refractivity contribution in [2.45, 2.75) is 70.6 Å². The van der Waals surface area contributed by atoms with E-state index in [2.05, 4.69) is 46.9 Å². The van der Waals surface area contributed by atoms with Crippen LogP contribution >= 0.6 is 0 Å². The molecule has 1 aliphatic carbocycles. The zero-order valence-electron chi connectivity index (χ0n) is 30.2. The van der Waals surface area contributed by atoms with Crippen molar-refractivity contribution >= 4 is 33.6 Å². The van der Waals surface area contributed by atoms with Crippen molar-refractivity contribution in [1.82, 2.24) is 4.90 Å². The molecule has 3 atom stereocenters. The Kier molecular flexibility index (Phi) is 12.5. The largest absolute Gasteiger partial charge is 0.504 e. The van der Waals surface area contributed by atoms with E-state index in [-0.39, 0.29) is 23.6 Å². The van der Waals surface area contributed by atoms with Crippen molar-refractivity contribution in [2.24, 2.45) is 5.92 Å². The molecule has 50 heavy (non-hydrogen) atoms. The number of rotatable bonds is 6. The molecule has 3 unspecified atom stereocenters. The number of ether oxygens (including phenoxy) is 5. The fraction of sp³-hybridized carbons (Fsp3) is 0.439. The predicted molar refractivity (Wildman–Crippen MR) is 197 cm³/mol. The van der Waals surface area contributed by atoms with Gasteiger partial charge in [-0.05, 0) is 132 Å². The molecule has 9 heteroatoms. The quantitative estimate of drug-likeness (QED) is 0.0903. The van der Waals surface area contributed by atoms with E-state index in [0.717, 1.165) is 49.5 Å². The Morgan fingerprint density at radius 3 is 2.18 bits per heavy atom. The molecule has 7 rings (SSSR count). The van der Waals surface area contributed by atoms with Crippen LogP contribution in [-0.2, 0) is 27.2 Å². The first-order chi connectivity index (χ1) is 24.2. The number of carbonyl (C=O) groups excluding carboxylic acids is 1. The number of methoxy groups -OCH3 is 4.